The number of carbonyl (C=O) groups excluding carboxylic acids is 1. The van der Waals surface area contributed by atoms with Crippen molar-refractivity contribution < 1.29 is 13.2 Å². The fourth-order valence-electron chi connectivity index (χ4n) is 2.05. The maximum atomic E-state index is 12.9. The zero-order valence-electron chi connectivity index (χ0n) is 12.4. The van der Waals surface area contributed by atoms with Crippen molar-refractivity contribution in [3.05, 3.63) is 58.6 Å². The number of hydrazine groups is 1. The van der Waals surface area contributed by atoms with Crippen LogP contribution in [0.5, 0.6) is 0 Å². The Morgan fingerprint density at radius 2 is 1.78 bits per heavy atom. The molecule has 0 bridgehead atoms. The zero-order chi connectivity index (χ0) is 17.0. The van der Waals surface area contributed by atoms with Crippen molar-refractivity contribution in [1.29, 1.82) is 0 Å². The predicted octanol–water partition coefficient (Wildman–Crippen LogP) is 1.94. The van der Waals surface area contributed by atoms with Crippen LogP contribution in [0.3, 0.4) is 0 Å². The number of sulfonamides is 1. The van der Waals surface area contributed by atoms with E-state index in [4.69, 9.17) is 5.84 Å². The summed E-state index contributed by atoms with van der Waals surface area (Å²) in [6, 6.07) is 13.2. The van der Waals surface area contributed by atoms with E-state index in [1.54, 1.807) is 43.3 Å². The molecule has 0 aliphatic carbocycles. The van der Waals surface area contributed by atoms with Crippen LogP contribution in [0, 0.1) is 6.92 Å². The van der Waals surface area contributed by atoms with Gasteiger partial charge in [-0.05, 0) is 42.8 Å². The number of nitrogens with one attached hydrogen (secondary N) is 1. The number of anilines is 1. The first-order chi connectivity index (χ1) is 10.9. The number of carbonyl (C=O) groups is 1. The number of para-hydroxylation sites is 1. The van der Waals surface area contributed by atoms with Crippen molar-refractivity contribution >= 4 is 37.5 Å². The lowest BCUT2D eigenvalue weighted by Crippen LogP contribution is -2.43. The number of benzene rings is 2. The summed E-state index contributed by atoms with van der Waals surface area (Å²) in [7, 11) is -3.90. The van der Waals surface area contributed by atoms with Gasteiger partial charge in [0.25, 0.3) is 15.9 Å². The smallest absolute Gasteiger partial charge is 0.264 e. The summed E-state index contributed by atoms with van der Waals surface area (Å²) in [4.78, 5) is 11.8. The SMILES string of the molecule is Cc1ccccc1N(CC(=O)NN)S(=O)(=O)c1ccc(Br)cc1. The molecule has 2 aromatic carbocycles. The highest BCUT2D eigenvalue weighted by Gasteiger charge is 2.27. The summed E-state index contributed by atoms with van der Waals surface area (Å²) < 4.78 is 27.7. The van der Waals surface area contributed by atoms with Gasteiger partial charge in [0.05, 0.1) is 10.6 Å². The first kappa shape index (κ1) is 17.5. The Labute approximate surface area is 143 Å². The monoisotopic (exact) mass is 397 g/mol. The van der Waals surface area contributed by atoms with E-state index in [2.05, 4.69) is 15.9 Å². The summed E-state index contributed by atoms with van der Waals surface area (Å²) >= 11 is 3.27. The quantitative estimate of drug-likeness (QED) is 0.458. The Morgan fingerprint density at radius 3 is 2.35 bits per heavy atom. The molecule has 0 spiro atoms. The second kappa shape index (κ2) is 7.12. The van der Waals surface area contributed by atoms with Crippen molar-refractivity contribution in [2.24, 2.45) is 5.84 Å². The van der Waals surface area contributed by atoms with Crippen LogP contribution >= 0.6 is 15.9 Å². The highest BCUT2D eigenvalue weighted by Crippen LogP contribution is 2.27. The minimum absolute atomic E-state index is 0.0915. The van der Waals surface area contributed by atoms with Gasteiger partial charge in [0.15, 0.2) is 0 Å². The van der Waals surface area contributed by atoms with E-state index in [1.165, 1.54) is 12.1 Å². The molecule has 0 atom stereocenters. The molecule has 0 unspecified atom stereocenters. The summed E-state index contributed by atoms with van der Waals surface area (Å²) in [5.74, 6) is 4.51. The van der Waals surface area contributed by atoms with Crippen LogP contribution in [0.25, 0.3) is 0 Å². The average Bonchev–Trinajstić information content (AvgIpc) is 2.53. The lowest BCUT2D eigenvalue weighted by Gasteiger charge is -2.25. The molecule has 0 aliphatic rings. The Morgan fingerprint density at radius 1 is 1.17 bits per heavy atom. The minimum atomic E-state index is -3.90. The Hall–Kier alpha value is -1.90. The van der Waals surface area contributed by atoms with E-state index in [0.29, 0.717) is 5.69 Å². The summed E-state index contributed by atoms with van der Waals surface area (Å²) in [5.41, 5.74) is 3.13. The molecule has 1 amide bonds. The first-order valence-electron chi connectivity index (χ1n) is 6.69. The Bertz CT molecular complexity index is 807. The Kier molecular flexibility index (Phi) is 5.40. The highest BCUT2D eigenvalue weighted by atomic mass is 79.9. The molecule has 3 N–H and O–H groups in total. The number of nitrogens with two attached hydrogens (primary N) is 1. The molecule has 0 saturated heterocycles. The largest absolute Gasteiger partial charge is 0.293 e. The summed E-state index contributed by atoms with van der Waals surface area (Å²) in [6.45, 7) is 1.37. The average molecular weight is 398 g/mol. The minimum Gasteiger partial charge on any atom is -0.293 e. The second-order valence-corrected chi connectivity index (χ2v) is 7.60. The molecule has 0 heterocycles. The van der Waals surface area contributed by atoms with Gasteiger partial charge in [0.2, 0.25) is 0 Å². The third kappa shape index (κ3) is 3.90. The summed E-state index contributed by atoms with van der Waals surface area (Å²) in [5, 5.41) is 0. The predicted molar refractivity (Wildman–Crippen MR) is 92.2 cm³/mol. The molecule has 0 aliphatic heterocycles. The van der Waals surface area contributed by atoms with E-state index in [-0.39, 0.29) is 4.90 Å². The van der Waals surface area contributed by atoms with E-state index in [9.17, 15) is 13.2 Å². The molecule has 0 fully saturated rings. The molecule has 23 heavy (non-hydrogen) atoms. The Balaban J connectivity index is 2.54. The third-order valence-corrected chi connectivity index (χ3v) is 5.54. The first-order valence-corrected chi connectivity index (χ1v) is 8.93. The molecule has 2 rings (SSSR count). The number of amides is 1. The van der Waals surface area contributed by atoms with Gasteiger partial charge in [-0.25, -0.2) is 14.3 Å². The van der Waals surface area contributed by atoms with Crippen molar-refractivity contribution in [1.82, 2.24) is 5.43 Å². The number of rotatable bonds is 5. The van der Waals surface area contributed by atoms with Gasteiger partial charge < -0.3 is 0 Å². The number of hydrogen-bond acceptors (Lipinski definition) is 4. The number of aryl methyl sites for hydroxylation is 1. The van der Waals surface area contributed by atoms with Crippen LogP contribution in [0.1, 0.15) is 5.56 Å². The van der Waals surface area contributed by atoms with Gasteiger partial charge in [0.1, 0.15) is 6.54 Å². The second-order valence-electron chi connectivity index (χ2n) is 4.82. The summed E-state index contributed by atoms with van der Waals surface area (Å²) in [6.07, 6.45) is 0. The standard InChI is InChI=1S/C15H16BrN3O3S/c1-11-4-2-3-5-14(11)19(10-15(20)18-17)23(21,22)13-8-6-12(16)7-9-13/h2-9H,10,17H2,1H3,(H,18,20). The third-order valence-electron chi connectivity index (χ3n) is 3.23. The van der Waals surface area contributed by atoms with Crippen molar-refractivity contribution in [3.63, 3.8) is 0 Å². The number of nitrogens with zero attached hydrogens (tertiary/aromatic N) is 1. The molecule has 122 valence electrons. The number of hydrogen-bond donors (Lipinski definition) is 2. The fraction of sp³-hybridized carbons (Fsp3) is 0.133. The topological polar surface area (TPSA) is 92.5 Å². The molecule has 8 heteroatoms. The number of halogens is 1. The van der Waals surface area contributed by atoms with Crippen molar-refractivity contribution in [3.8, 4) is 0 Å². The van der Waals surface area contributed by atoms with Crippen molar-refractivity contribution in [2.45, 2.75) is 11.8 Å². The molecule has 0 radical (unpaired) electrons. The van der Waals surface area contributed by atoms with Gasteiger partial charge in [-0.1, -0.05) is 34.1 Å². The normalized spacial score (nSPS) is 11.1. The zero-order valence-corrected chi connectivity index (χ0v) is 14.8. The maximum Gasteiger partial charge on any atom is 0.264 e. The van der Waals surface area contributed by atoms with Crippen LogP contribution in [0.2, 0.25) is 0 Å². The van der Waals surface area contributed by atoms with Gasteiger partial charge in [0, 0.05) is 4.47 Å². The lowest BCUT2D eigenvalue weighted by molar-refractivity contribution is -0.119. The van der Waals surface area contributed by atoms with Crippen molar-refractivity contribution in [2.75, 3.05) is 10.8 Å². The van der Waals surface area contributed by atoms with Gasteiger partial charge in [-0.3, -0.25) is 14.5 Å². The molecular formula is C15H16BrN3O3S. The molecule has 0 aromatic heterocycles. The molecule has 2 aromatic rings. The van der Waals surface area contributed by atoms with Crippen LogP contribution in [0.15, 0.2) is 57.9 Å². The van der Waals surface area contributed by atoms with E-state index < -0.39 is 22.5 Å². The molecule has 0 saturated carbocycles. The van der Waals surface area contributed by atoms with Crippen LogP contribution < -0.4 is 15.6 Å². The molecular weight excluding hydrogens is 382 g/mol. The van der Waals surface area contributed by atoms with Crippen LogP contribution in [0.4, 0.5) is 5.69 Å². The highest BCUT2D eigenvalue weighted by molar-refractivity contribution is 9.10. The van der Waals surface area contributed by atoms with Crippen LogP contribution in [-0.4, -0.2) is 20.9 Å². The maximum absolute atomic E-state index is 12.9. The van der Waals surface area contributed by atoms with E-state index in [0.717, 1.165) is 14.3 Å². The lowest BCUT2D eigenvalue weighted by atomic mass is 10.2. The van der Waals surface area contributed by atoms with E-state index >= 15 is 0 Å². The van der Waals surface area contributed by atoms with Gasteiger partial charge in [-0.15, -0.1) is 0 Å². The fourth-order valence-corrected chi connectivity index (χ4v) is 3.80. The van der Waals surface area contributed by atoms with Crippen LogP contribution in [-0.2, 0) is 14.8 Å². The van der Waals surface area contributed by atoms with Gasteiger partial charge >= 0.3 is 0 Å². The molecule has 6 nitrogen and oxygen atoms in total. The van der Waals surface area contributed by atoms with E-state index in [1.807, 2.05) is 5.43 Å². The van der Waals surface area contributed by atoms with Gasteiger partial charge in [-0.2, -0.15) is 0 Å².